The molecular formula is C20H14N4O5S. The first kappa shape index (κ1) is 19.3. The van der Waals surface area contributed by atoms with E-state index in [0.717, 1.165) is 4.70 Å². The second kappa shape index (κ2) is 8.13. The number of fused-ring (bicyclic) bond motifs is 1. The van der Waals surface area contributed by atoms with Crippen molar-refractivity contribution >= 4 is 49.9 Å². The zero-order valence-electron chi connectivity index (χ0n) is 15.3. The fourth-order valence-corrected chi connectivity index (χ4v) is 3.65. The van der Waals surface area contributed by atoms with E-state index >= 15 is 0 Å². The Bertz CT molecular complexity index is 1230. The monoisotopic (exact) mass is 422 g/mol. The van der Waals surface area contributed by atoms with Crippen molar-refractivity contribution in [3.8, 4) is 0 Å². The van der Waals surface area contributed by atoms with Crippen LogP contribution in [0, 0.1) is 10.1 Å². The number of non-ortho nitro benzene ring substituents is 1. The third-order valence-corrected chi connectivity index (χ3v) is 5.08. The number of rotatable bonds is 6. The highest BCUT2D eigenvalue weighted by Crippen LogP contribution is 2.29. The predicted molar refractivity (Wildman–Crippen MR) is 112 cm³/mol. The largest absolute Gasteiger partial charge is 0.459 e. The van der Waals surface area contributed by atoms with E-state index in [1.807, 2.05) is 0 Å². The lowest BCUT2D eigenvalue weighted by molar-refractivity contribution is -0.384. The van der Waals surface area contributed by atoms with Crippen LogP contribution in [0.4, 0.5) is 16.5 Å². The number of carbonyl (C=O) groups excluding carboxylic acids is 2. The van der Waals surface area contributed by atoms with Crippen LogP contribution in [0.3, 0.4) is 0 Å². The van der Waals surface area contributed by atoms with Crippen molar-refractivity contribution in [3.05, 3.63) is 82.3 Å². The molecular weight excluding hydrogens is 408 g/mol. The molecule has 0 spiro atoms. The van der Waals surface area contributed by atoms with Gasteiger partial charge in [-0.1, -0.05) is 23.5 Å². The van der Waals surface area contributed by atoms with Crippen LogP contribution in [0.1, 0.15) is 16.1 Å². The molecule has 2 aromatic heterocycles. The Labute approximate surface area is 173 Å². The van der Waals surface area contributed by atoms with Gasteiger partial charge in [-0.25, -0.2) is 4.98 Å². The SMILES string of the molecule is O=C(Cc1ccc([N+](=O)[O-])cc1)Nc1ccc2nc(NC(=O)c3ccco3)sc2c1. The molecule has 0 aliphatic heterocycles. The summed E-state index contributed by atoms with van der Waals surface area (Å²) in [7, 11) is 0. The van der Waals surface area contributed by atoms with Crippen molar-refractivity contribution in [2.75, 3.05) is 10.6 Å². The lowest BCUT2D eigenvalue weighted by Crippen LogP contribution is -2.14. The van der Waals surface area contributed by atoms with Gasteiger partial charge in [0.2, 0.25) is 5.91 Å². The minimum Gasteiger partial charge on any atom is -0.459 e. The number of nitro groups is 1. The van der Waals surface area contributed by atoms with Crippen LogP contribution in [0.2, 0.25) is 0 Å². The number of benzene rings is 2. The Morgan fingerprint density at radius 3 is 2.60 bits per heavy atom. The maximum Gasteiger partial charge on any atom is 0.293 e. The Morgan fingerprint density at radius 2 is 1.90 bits per heavy atom. The molecule has 2 N–H and O–H groups in total. The number of amides is 2. The normalized spacial score (nSPS) is 10.7. The zero-order valence-corrected chi connectivity index (χ0v) is 16.1. The van der Waals surface area contributed by atoms with Crippen molar-refractivity contribution in [1.82, 2.24) is 4.98 Å². The number of anilines is 2. The van der Waals surface area contributed by atoms with Crippen molar-refractivity contribution in [3.63, 3.8) is 0 Å². The fourth-order valence-electron chi connectivity index (χ4n) is 2.75. The summed E-state index contributed by atoms with van der Waals surface area (Å²) in [6.45, 7) is 0. The molecule has 0 saturated heterocycles. The second-order valence-corrected chi connectivity index (χ2v) is 7.31. The zero-order chi connectivity index (χ0) is 21.1. The number of thiazole rings is 1. The van der Waals surface area contributed by atoms with E-state index in [0.29, 0.717) is 21.9 Å². The highest BCUT2D eigenvalue weighted by atomic mass is 32.1. The molecule has 10 heteroatoms. The van der Waals surface area contributed by atoms with Crippen LogP contribution in [0.5, 0.6) is 0 Å². The Kier molecular flexibility index (Phi) is 5.22. The topological polar surface area (TPSA) is 127 Å². The van der Waals surface area contributed by atoms with Gasteiger partial charge in [0.1, 0.15) is 0 Å². The number of hydrogen-bond donors (Lipinski definition) is 2. The Hall–Kier alpha value is -4.05. The van der Waals surface area contributed by atoms with Crippen LogP contribution in [-0.2, 0) is 11.2 Å². The van der Waals surface area contributed by atoms with E-state index in [1.54, 1.807) is 42.5 Å². The molecule has 0 unspecified atom stereocenters. The molecule has 0 fully saturated rings. The number of hydrogen-bond acceptors (Lipinski definition) is 7. The molecule has 4 rings (SSSR count). The summed E-state index contributed by atoms with van der Waals surface area (Å²) in [5, 5.41) is 16.6. The third-order valence-electron chi connectivity index (χ3n) is 4.15. The molecule has 9 nitrogen and oxygen atoms in total. The Morgan fingerprint density at radius 1 is 1.10 bits per heavy atom. The van der Waals surface area contributed by atoms with Gasteiger partial charge in [-0.2, -0.15) is 0 Å². The summed E-state index contributed by atoms with van der Waals surface area (Å²) in [5.41, 5.74) is 1.91. The second-order valence-electron chi connectivity index (χ2n) is 6.28. The number of furan rings is 1. The average Bonchev–Trinajstić information content (AvgIpc) is 3.37. The van der Waals surface area contributed by atoms with E-state index in [2.05, 4.69) is 15.6 Å². The van der Waals surface area contributed by atoms with E-state index in [9.17, 15) is 19.7 Å². The molecule has 2 aromatic carbocycles. The van der Waals surface area contributed by atoms with Crippen LogP contribution in [-0.4, -0.2) is 21.7 Å². The average molecular weight is 422 g/mol. The van der Waals surface area contributed by atoms with Crippen LogP contribution < -0.4 is 10.6 Å². The van der Waals surface area contributed by atoms with Crippen molar-refractivity contribution in [2.24, 2.45) is 0 Å². The minimum absolute atomic E-state index is 0.0234. The molecule has 0 saturated carbocycles. The molecule has 0 atom stereocenters. The van der Waals surface area contributed by atoms with E-state index < -0.39 is 10.8 Å². The van der Waals surface area contributed by atoms with Gasteiger partial charge in [-0.05, 0) is 35.9 Å². The molecule has 4 aromatic rings. The van der Waals surface area contributed by atoms with Gasteiger partial charge in [0, 0.05) is 17.8 Å². The molecule has 2 amide bonds. The first-order chi connectivity index (χ1) is 14.5. The highest BCUT2D eigenvalue weighted by Gasteiger charge is 2.13. The van der Waals surface area contributed by atoms with Gasteiger partial charge in [-0.3, -0.25) is 25.0 Å². The molecule has 30 heavy (non-hydrogen) atoms. The molecule has 0 aliphatic carbocycles. The quantitative estimate of drug-likeness (QED) is 0.353. The van der Waals surface area contributed by atoms with Crippen LogP contribution in [0.25, 0.3) is 10.2 Å². The molecule has 0 bridgehead atoms. The fraction of sp³-hybridized carbons (Fsp3) is 0.0500. The molecule has 2 heterocycles. The van der Waals surface area contributed by atoms with Crippen molar-refractivity contribution in [1.29, 1.82) is 0 Å². The maximum absolute atomic E-state index is 12.3. The van der Waals surface area contributed by atoms with Crippen molar-refractivity contribution < 1.29 is 18.9 Å². The number of carbonyl (C=O) groups is 2. The summed E-state index contributed by atoms with van der Waals surface area (Å²) in [5.74, 6) is -0.455. The molecule has 150 valence electrons. The predicted octanol–water partition coefficient (Wildman–Crippen LogP) is 4.23. The van der Waals surface area contributed by atoms with Gasteiger partial charge < -0.3 is 9.73 Å². The van der Waals surface area contributed by atoms with E-state index in [-0.39, 0.29) is 23.8 Å². The summed E-state index contributed by atoms with van der Waals surface area (Å²) >= 11 is 1.27. The van der Waals surface area contributed by atoms with Gasteiger partial charge in [-0.15, -0.1) is 0 Å². The first-order valence-electron chi connectivity index (χ1n) is 8.76. The summed E-state index contributed by atoms with van der Waals surface area (Å²) in [4.78, 5) is 38.9. The smallest absolute Gasteiger partial charge is 0.293 e. The molecule has 0 radical (unpaired) electrons. The number of nitrogens with one attached hydrogen (secondary N) is 2. The lowest BCUT2D eigenvalue weighted by Gasteiger charge is -2.05. The number of aromatic nitrogens is 1. The lowest BCUT2D eigenvalue weighted by atomic mass is 10.1. The standard InChI is InChI=1S/C20H14N4O5S/c25-18(10-12-3-6-14(7-4-12)24(27)28)21-13-5-8-15-17(11-13)30-20(22-15)23-19(26)16-2-1-9-29-16/h1-9,11H,10H2,(H,21,25)(H,22,23,26). The Balaban J connectivity index is 1.42. The minimum atomic E-state index is -0.487. The van der Waals surface area contributed by atoms with Gasteiger partial charge in [0.05, 0.1) is 27.8 Å². The number of nitrogens with zero attached hydrogens (tertiary/aromatic N) is 2. The van der Waals surface area contributed by atoms with Crippen molar-refractivity contribution in [2.45, 2.75) is 6.42 Å². The van der Waals surface area contributed by atoms with E-state index in [1.165, 1.54) is 29.7 Å². The van der Waals surface area contributed by atoms with Crippen LogP contribution in [0.15, 0.2) is 65.3 Å². The third kappa shape index (κ3) is 4.33. The number of nitro benzene ring substituents is 1. The van der Waals surface area contributed by atoms with Gasteiger partial charge in [0.15, 0.2) is 10.9 Å². The summed E-state index contributed by atoms with van der Waals surface area (Å²) in [6, 6.07) is 14.2. The van der Waals surface area contributed by atoms with Gasteiger partial charge >= 0.3 is 0 Å². The summed E-state index contributed by atoms with van der Waals surface area (Å²) < 4.78 is 5.85. The van der Waals surface area contributed by atoms with E-state index in [4.69, 9.17) is 4.42 Å². The molecule has 0 aliphatic rings. The maximum atomic E-state index is 12.3. The van der Waals surface area contributed by atoms with Crippen LogP contribution >= 0.6 is 11.3 Å². The highest BCUT2D eigenvalue weighted by molar-refractivity contribution is 7.22. The summed E-state index contributed by atoms with van der Waals surface area (Å²) in [6.07, 6.45) is 1.50. The first-order valence-corrected chi connectivity index (χ1v) is 9.58. The van der Waals surface area contributed by atoms with Gasteiger partial charge in [0.25, 0.3) is 11.6 Å².